The Labute approximate surface area is 219 Å². The van der Waals surface area contributed by atoms with Crippen LogP contribution >= 0.6 is 12.2 Å². The quantitative estimate of drug-likeness (QED) is 0.252. The first-order chi connectivity index (χ1) is 12.7. The summed E-state index contributed by atoms with van der Waals surface area (Å²) in [6, 6.07) is 16.5. The van der Waals surface area contributed by atoms with Crippen molar-refractivity contribution < 1.29 is 64.6 Å². The van der Waals surface area contributed by atoms with Crippen molar-refractivity contribution in [3.05, 3.63) is 71.3 Å². The van der Waals surface area contributed by atoms with Gasteiger partial charge in [-0.2, -0.15) is 0 Å². The first-order valence-corrected chi connectivity index (χ1v) is 11.0. The molecule has 2 rings (SSSR count). The van der Waals surface area contributed by atoms with E-state index in [1.165, 1.54) is 0 Å². The third-order valence-corrected chi connectivity index (χ3v) is 5.86. The molecule has 144 valence electrons. The molecule has 0 aliphatic heterocycles. The van der Waals surface area contributed by atoms with Crippen molar-refractivity contribution in [3.8, 4) is 0 Å². The summed E-state index contributed by atoms with van der Waals surface area (Å²) >= 11 is 9.38. The fourth-order valence-electron chi connectivity index (χ4n) is 2.70. The van der Waals surface area contributed by atoms with E-state index in [4.69, 9.17) is 0 Å². The van der Waals surface area contributed by atoms with Crippen molar-refractivity contribution in [1.82, 2.24) is 10.9 Å². The van der Waals surface area contributed by atoms with Gasteiger partial charge in [-0.1, -0.05) is 60.2 Å². The van der Waals surface area contributed by atoms with Crippen molar-refractivity contribution >= 4 is 44.9 Å². The minimum Gasteiger partial charge on any atom is -0.410 e. The largest absolute Gasteiger partial charge is 1.00 e. The summed E-state index contributed by atoms with van der Waals surface area (Å²) < 4.78 is 25.4. The van der Waals surface area contributed by atoms with Crippen LogP contribution in [-0.2, 0) is 33.0 Å². The number of hydrogen-bond acceptors (Lipinski definition) is 5. The predicted molar refractivity (Wildman–Crippen MR) is 114 cm³/mol. The van der Waals surface area contributed by atoms with Crippen molar-refractivity contribution in [3.63, 3.8) is 0 Å². The molecule has 0 aliphatic rings. The Hall–Kier alpha value is -0.394. The number of carbonyl (C=O) groups is 1. The molecule has 2 aromatic rings. The standard InChI is InChI=1S/C19H22N2O3S3.K/c1-14-7-9-16(10-8-14)17(11-18(22)20-21-19(25)26)13-27(23,24)12-15-5-3-2-4-6-15;/h2-10,17H,11-13H2,1H3,(H,20,22)(H2,21,25,26);/q;+1/p-1. The molecule has 5 nitrogen and oxygen atoms in total. The summed E-state index contributed by atoms with van der Waals surface area (Å²) in [6.07, 6.45) is 0.00201. The summed E-state index contributed by atoms with van der Waals surface area (Å²) in [7, 11) is -3.42. The number of carbonyl (C=O) groups excluding carboxylic acids is 1. The van der Waals surface area contributed by atoms with Gasteiger partial charge in [-0.15, -0.1) is 0 Å². The first kappa shape index (κ1) is 25.6. The smallest absolute Gasteiger partial charge is 0.410 e. The molecule has 0 aliphatic carbocycles. The van der Waals surface area contributed by atoms with E-state index in [1.807, 2.05) is 37.3 Å². The zero-order chi connectivity index (χ0) is 19.9. The molecule has 0 aromatic heterocycles. The van der Waals surface area contributed by atoms with Gasteiger partial charge in [0.2, 0.25) is 5.91 Å². The van der Waals surface area contributed by atoms with Crippen LogP contribution in [0.3, 0.4) is 0 Å². The molecule has 1 atom stereocenters. The van der Waals surface area contributed by atoms with E-state index < -0.39 is 15.8 Å². The molecule has 2 N–H and O–H groups in total. The molecule has 0 heterocycles. The number of nitrogens with one attached hydrogen (secondary N) is 2. The molecule has 0 radical (unpaired) electrons. The van der Waals surface area contributed by atoms with E-state index in [1.54, 1.807) is 24.3 Å². The van der Waals surface area contributed by atoms with E-state index in [9.17, 15) is 13.2 Å². The van der Waals surface area contributed by atoms with E-state index in [0.29, 0.717) is 0 Å². The van der Waals surface area contributed by atoms with E-state index >= 15 is 0 Å². The summed E-state index contributed by atoms with van der Waals surface area (Å²) in [5.41, 5.74) is 7.40. The monoisotopic (exact) mass is 460 g/mol. The van der Waals surface area contributed by atoms with Crippen LogP contribution in [0, 0.1) is 6.92 Å². The first-order valence-electron chi connectivity index (χ1n) is 8.32. The third-order valence-electron chi connectivity index (χ3n) is 3.97. The van der Waals surface area contributed by atoms with Crippen molar-refractivity contribution in [1.29, 1.82) is 0 Å². The van der Waals surface area contributed by atoms with Crippen molar-refractivity contribution in [2.75, 3.05) is 5.75 Å². The third kappa shape index (κ3) is 9.40. The van der Waals surface area contributed by atoms with Crippen LogP contribution in [0.1, 0.15) is 29.0 Å². The Bertz CT molecular complexity index is 888. The number of sulfone groups is 1. The summed E-state index contributed by atoms with van der Waals surface area (Å²) in [6.45, 7) is 1.95. The van der Waals surface area contributed by atoms with Crippen molar-refractivity contribution in [2.45, 2.75) is 25.0 Å². The van der Waals surface area contributed by atoms with Crippen LogP contribution in [0.25, 0.3) is 0 Å². The maximum Gasteiger partial charge on any atom is 1.00 e. The minimum atomic E-state index is -3.42. The molecular weight excluding hydrogens is 440 g/mol. The summed E-state index contributed by atoms with van der Waals surface area (Å²) in [5, 5.41) is 0. The predicted octanol–water partition coefficient (Wildman–Crippen LogP) is -0.460. The van der Waals surface area contributed by atoms with Gasteiger partial charge in [-0.3, -0.25) is 10.2 Å². The topological polar surface area (TPSA) is 75.3 Å². The van der Waals surface area contributed by atoms with Gasteiger partial charge in [-0.25, -0.2) is 8.42 Å². The summed E-state index contributed by atoms with van der Waals surface area (Å²) in [5.74, 6) is -1.04. The SMILES string of the molecule is Cc1ccc(C(CC(=O)NNC(=S)[S-])CS(=O)(=O)Cc2ccccc2)cc1.[K+]. The zero-order valence-electron chi connectivity index (χ0n) is 15.8. The number of rotatable bonds is 7. The van der Waals surface area contributed by atoms with Gasteiger partial charge in [0.1, 0.15) is 0 Å². The Morgan fingerprint density at radius 1 is 1.07 bits per heavy atom. The number of hydrogen-bond donors (Lipinski definition) is 2. The molecule has 0 fully saturated rings. The molecule has 9 heteroatoms. The van der Waals surface area contributed by atoms with Gasteiger partial charge in [0, 0.05) is 12.3 Å². The van der Waals surface area contributed by atoms with Crippen LogP contribution in [0.4, 0.5) is 0 Å². The van der Waals surface area contributed by atoms with Gasteiger partial charge in [0.05, 0.1) is 11.5 Å². The van der Waals surface area contributed by atoms with Crippen LogP contribution < -0.4 is 62.2 Å². The van der Waals surface area contributed by atoms with Gasteiger partial charge < -0.3 is 30.3 Å². The number of hydrazine groups is 1. The molecule has 28 heavy (non-hydrogen) atoms. The Kier molecular flexibility index (Phi) is 11.3. The Morgan fingerprint density at radius 3 is 2.25 bits per heavy atom. The van der Waals surface area contributed by atoms with Crippen LogP contribution in [0.5, 0.6) is 0 Å². The average molecular weight is 461 g/mol. The molecule has 0 spiro atoms. The van der Waals surface area contributed by atoms with Crippen LogP contribution in [-0.4, -0.2) is 24.4 Å². The van der Waals surface area contributed by atoms with Gasteiger partial charge in [-0.05, 0) is 22.4 Å². The van der Waals surface area contributed by atoms with Gasteiger partial charge in [0.15, 0.2) is 9.84 Å². The molecule has 1 amide bonds. The van der Waals surface area contributed by atoms with E-state index in [0.717, 1.165) is 16.7 Å². The van der Waals surface area contributed by atoms with Crippen molar-refractivity contribution in [2.24, 2.45) is 0 Å². The molecule has 0 saturated heterocycles. The fraction of sp³-hybridized carbons (Fsp3) is 0.263. The molecule has 2 aromatic carbocycles. The fourth-order valence-corrected chi connectivity index (χ4v) is 4.54. The number of thiocarbonyl (C=S) groups is 1. The van der Waals surface area contributed by atoms with Crippen LogP contribution in [0.15, 0.2) is 54.6 Å². The van der Waals surface area contributed by atoms with Gasteiger partial charge in [0.25, 0.3) is 0 Å². The average Bonchev–Trinajstić information content (AvgIpc) is 2.60. The van der Waals surface area contributed by atoms with E-state index in [-0.39, 0.29) is 79.5 Å². The molecule has 0 bridgehead atoms. The molecule has 0 saturated carbocycles. The molecular formula is C19H21KN2O3S3. The van der Waals surface area contributed by atoms with E-state index in [2.05, 4.69) is 35.7 Å². The number of benzene rings is 2. The zero-order valence-corrected chi connectivity index (χ0v) is 21.4. The Morgan fingerprint density at radius 2 is 1.68 bits per heavy atom. The maximum atomic E-state index is 12.7. The minimum absolute atomic E-state index is 0. The maximum absolute atomic E-state index is 12.7. The summed E-state index contributed by atoms with van der Waals surface area (Å²) in [4.78, 5) is 12.2. The second-order valence-electron chi connectivity index (χ2n) is 6.31. The normalized spacial score (nSPS) is 11.8. The molecule has 1 unspecified atom stereocenters. The van der Waals surface area contributed by atoms with Crippen LogP contribution in [0.2, 0.25) is 0 Å². The second kappa shape index (κ2) is 12.3. The Balaban J connectivity index is 0.00000392. The number of aryl methyl sites for hydroxylation is 1. The second-order valence-corrected chi connectivity index (χ2v) is 9.50. The number of amides is 1. The van der Waals surface area contributed by atoms with Gasteiger partial charge >= 0.3 is 51.4 Å².